The van der Waals surface area contributed by atoms with E-state index in [1.165, 1.54) is 7.11 Å². The Bertz CT molecular complexity index is 489. The molecule has 5 nitrogen and oxygen atoms in total. The average Bonchev–Trinajstić information content (AvgIpc) is 2.47. The molecule has 0 amide bonds. The molecule has 1 aromatic rings. The van der Waals surface area contributed by atoms with E-state index in [2.05, 4.69) is 15.3 Å². The molecule has 1 aromatic carbocycles. The molecule has 0 fully saturated rings. The minimum absolute atomic E-state index is 0.590. The van der Waals surface area contributed by atoms with Crippen molar-refractivity contribution in [2.75, 3.05) is 27.9 Å². The SMILES string of the molecule is CO/N=C(/C)C(=S)NCCc1ccc(OC)c(OC)c1. The Morgan fingerprint density at radius 3 is 2.50 bits per heavy atom. The van der Waals surface area contributed by atoms with Gasteiger partial charge in [-0.25, -0.2) is 0 Å². The van der Waals surface area contributed by atoms with Gasteiger partial charge >= 0.3 is 0 Å². The Balaban J connectivity index is 2.54. The van der Waals surface area contributed by atoms with Crippen LogP contribution in [0.1, 0.15) is 12.5 Å². The minimum atomic E-state index is 0.590. The van der Waals surface area contributed by atoms with E-state index in [4.69, 9.17) is 21.7 Å². The van der Waals surface area contributed by atoms with E-state index in [-0.39, 0.29) is 0 Å². The first-order valence-corrected chi connectivity index (χ1v) is 6.60. The van der Waals surface area contributed by atoms with Gasteiger partial charge in [-0.3, -0.25) is 0 Å². The van der Waals surface area contributed by atoms with E-state index in [0.717, 1.165) is 23.5 Å². The number of rotatable bonds is 7. The van der Waals surface area contributed by atoms with Gasteiger partial charge in [-0.05, 0) is 31.0 Å². The summed E-state index contributed by atoms with van der Waals surface area (Å²) in [6.07, 6.45) is 0.820. The largest absolute Gasteiger partial charge is 0.493 e. The van der Waals surface area contributed by atoms with Crippen LogP contribution in [0, 0.1) is 0 Å². The topological polar surface area (TPSA) is 52.1 Å². The van der Waals surface area contributed by atoms with Gasteiger partial charge in [0.15, 0.2) is 11.5 Å². The standard InChI is InChI=1S/C14H20N2O3S/c1-10(16-19-4)14(20)15-8-7-11-5-6-12(17-2)13(9-11)18-3/h5-6,9H,7-8H2,1-4H3,(H,15,20)/b16-10-. The van der Waals surface area contributed by atoms with Crippen molar-refractivity contribution < 1.29 is 14.3 Å². The lowest BCUT2D eigenvalue weighted by Crippen LogP contribution is -2.29. The van der Waals surface area contributed by atoms with Crippen LogP contribution in [0.25, 0.3) is 0 Å². The minimum Gasteiger partial charge on any atom is -0.493 e. The monoisotopic (exact) mass is 296 g/mol. The molecular weight excluding hydrogens is 276 g/mol. The Hall–Kier alpha value is -1.82. The maximum Gasteiger partial charge on any atom is 0.160 e. The molecule has 1 rings (SSSR count). The van der Waals surface area contributed by atoms with E-state index >= 15 is 0 Å². The summed E-state index contributed by atoms with van der Waals surface area (Å²) in [6.45, 7) is 2.51. The fraction of sp³-hybridized carbons (Fsp3) is 0.429. The summed E-state index contributed by atoms with van der Waals surface area (Å²) in [4.78, 5) is 5.27. The molecule has 6 heteroatoms. The number of ether oxygens (including phenoxy) is 2. The third-order valence-electron chi connectivity index (χ3n) is 2.70. The molecule has 0 aromatic heterocycles. The van der Waals surface area contributed by atoms with E-state index in [0.29, 0.717) is 17.2 Å². The van der Waals surface area contributed by atoms with Crippen LogP contribution in [0.2, 0.25) is 0 Å². The molecule has 0 heterocycles. The van der Waals surface area contributed by atoms with Gasteiger partial charge in [0.05, 0.1) is 14.2 Å². The second kappa shape index (κ2) is 8.37. The molecule has 0 aliphatic rings. The number of nitrogens with zero attached hydrogens (tertiary/aromatic N) is 1. The zero-order chi connectivity index (χ0) is 15.0. The predicted octanol–water partition coefficient (Wildman–Crippen LogP) is 2.19. The molecule has 0 aliphatic carbocycles. The van der Waals surface area contributed by atoms with Gasteiger partial charge < -0.3 is 19.6 Å². The van der Waals surface area contributed by atoms with Gasteiger partial charge in [-0.2, -0.15) is 0 Å². The lowest BCUT2D eigenvalue weighted by molar-refractivity contribution is 0.214. The molecule has 0 bridgehead atoms. The van der Waals surface area contributed by atoms with Gasteiger partial charge in [-0.15, -0.1) is 0 Å². The first-order chi connectivity index (χ1) is 9.62. The van der Waals surface area contributed by atoms with Crippen molar-refractivity contribution in [3.8, 4) is 11.5 Å². The molecule has 110 valence electrons. The van der Waals surface area contributed by atoms with Crippen molar-refractivity contribution >= 4 is 22.9 Å². The molecule has 0 saturated heterocycles. The number of thiocarbonyl (C=S) groups is 1. The average molecular weight is 296 g/mol. The summed E-state index contributed by atoms with van der Waals surface area (Å²) in [5.74, 6) is 1.45. The second-order valence-corrected chi connectivity index (χ2v) is 4.46. The predicted molar refractivity (Wildman–Crippen MR) is 84.0 cm³/mol. The molecule has 0 atom stereocenters. The van der Waals surface area contributed by atoms with Gasteiger partial charge in [0, 0.05) is 6.54 Å². The molecule has 0 radical (unpaired) electrons. The fourth-order valence-electron chi connectivity index (χ4n) is 1.66. The number of methoxy groups -OCH3 is 2. The number of benzene rings is 1. The Morgan fingerprint density at radius 1 is 1.20 bits per heavy atom. The van der Waals surface area contributed by atoms with Crippen LogP contribution in [0.5, 0.6) is 11.5 Å². The highest BCUT2D eigenvalue weighted by molar-refractivity contribution is 7.82. The third kappa shape index (κ3) is 4.70. The summed E-state index contributed by atoms with van der Waals surface area (Å²) in [5.41, 5.74) is 1.80. The number of nitrogens with one attached hydrogen (secondary N) is 1. The number of oxime groups is 1. The molecule has 0 saturated carbocycles. The lowest BCUT2D eigenvalue weighted by atomic mass is 10.1. The maximum absolute atomic E-state index is 5.27. The molecule has 1 N–H and O–H groups in total. The Morgan fingerprint density at radius 2 is 1.90 bits per heavy atom. The Labute approximate surface area is 124 Å². The zero-order valence-corrected chi connectivity index (χ0v) is 13.0. The van der Waals surface area contributed by atoms with Crippen LogP contribution in [-0.4, -0.2) is 38.6 Å². The van der Waals surface area contributed by atoms with E-state index in [9.17, 15) is 0 Å². The molecular formula is C14H20N2O3S. The molecule has 0 aliphatic heterocycles. The Kier molecular flexibility index (Phi) is 6.79. The molecule has 0 spiro atoms. The van der Waals surface area contributed by atoms with Crippen molar-refractivity contribution in [1.29, 1.82) is 0 Å². The van der Waals surface area contributed by atoms with E-state index < -0.39 is 0 Å². The van der Waals surface area contributed by atoms with Crippen molar-refractivity contribution in [2.24, 2.45) is 5.16 Å². The van der Waals surface area contributed by atoms with E-state index in [1.54, 1.807) is 21.1 Å². The summed E-state index contributed by atoms with van der Waals surface area (Å²) < 4.78 is 10.5. The number of hydrogen-bond acceptors (Lipinski definition) is 5. The maximum atomic E-state index is 5.27. The van der Waals surface area contributed by atoms with Gasteiger partial charge in [0.25, 0.3) is 0 Å². The second-order valence-electron chi connectivity index (χ2n) is 4.05. The van der Waals surface area contributed by atoms with Crippen molar-refractivity contribution in [1.82, 2.24) is 5.32 Å². The highest BCUT2D eigenvalue weighted by Gasteiger charge is 2.05. The van der Waals surface area contributed by atoms with Crippen molar-refractivity contribution in [2.45, 2.75) is 13.3 Å². The van der Waals surface area contributed by atoms with Crippen LogP contribution in [0.15, 0.2) is 23.4 Å². The summed E-state index contributed by atoms with van der Waals surface area (Å²) in [5, 5.41) is 6.91. The first kappa shape index (κ1) is 16.2. The highest BCUT2D eigenvalue weighted by atomic mass is 32.1. The van der Waals surface area contributed by atoms with Crippen LogP contribution >= 0.6 is 12.2 Å². The van der Waals surface area contributed by atoms with E-state index in [1.807, 2.05) is 18.2 Å². The fourth-order valence-corrected chi connectivity index (χ4v) is 1.80. The van der Waals surface area contributed by atoms with Gasteiger partial charge in [-0.1, -0.05) is 23.4 Å². The van der Waals surface area contributed by atoms with Gasteiger partial charge in [0.1, 0.15) is 17.8 Å². The third-order valence-corrected chi connectivity index (χ3v) is 3.14. The van der Waals surface area contributed by atoms with Crippen molar-refractivity contribution in [3.63, 3.8) is 0 Å². The van der Waals surface area contributed by atoms with Crippen molar-refractivity contribution in [3.05, 3.63) is 23.8 Å². The van der Waals surface area contributed by atoms with Crippen LogP contribution in [-0.2, 0) is 11.3 Å². The number of hydrogen-bond donors (Lipinski definition) is 1. The first-order valence-electron chi connectivity index (χ1n) is 6.19. The van der Waals surface area contributed by atoms with Crippen LogP contribution < -0.4 is 14.8 Å². The normalized spacial score (nSPS) is 10.9. The lowest BCUT2D eigenvalue weighted by Gasteiger charge is -2.10. The zero-order valence-electron chi connectivity index (χ0n) is 12.2. The summed E-state index contributed by atoms with van der Waals surface area (Å²) in [6, 6.07) is 5.85. The summed E-state index contributed by atoms with van der Waals surface area (Å²) >= 11 is 5.18. The summed E-state index contributed by atoms with van der Waals surface area (Å²) in [7, 11) is 4.74. The smallest absolute Gasteiger partial charge is 0.160 e. The van der Waals surface area contributed by atoms with Crippen LogP contribution in [0.4, 0.5) is 0 Å². The highest BCUT2D eigenvalue weighted by Crippen LogP contribution is 2.27. The molecule has 0 unspecified atom stereocenters. The van der Waals surface area contributed by atoms with Crippen LogP contribution in [0.3, 0.4) is 0 Å². The van der Waals surface area contributed by atoms with Gasteiger partial charge in [0.2, 0.25) is 0 Å². The molecule has 20 heavy (non-hydrogen) atoms. The quantitative estimate of drug-likeness (QED) is 0.475.